The average Bonchev–Trinajstić information content (AvgIpc) is 3.16. The van der Waals surface area contributed by atoms with Gasteiger partial charge in [0.05, 0.1) is 25.5 Å². The highest BCUT2D eigenvalue weighted by Gasteiger charge is 2.22. The van der Waals surface area contributed by atoms with E-state index < -0.39 is 0 Å². The van der Waals surface area contributed by atoms with Gasteiger partial charge in [0.25, 0.3) is 5.56 Å². The number of piperidine rings is 1. The van der Waals surface area contributed by atoms with E-state index in [1.165, 1.54) is 6.42 Å². The minimum Gasteiger partial charge on any atom is -0.497 e. The van der Waals surface area contributed by atoms with Crippen molar-refractivity contribution < 1.29 is 9.53 Å². The van der Waals surface area contributed by atoms with Crippen molar-refractivity contribution in [3.63, 3.8) is 0 Å². The van der Waals surface area contributed by atoms with Crippen LogP contribution in [-0.4, -0.2) is 45.1 Å². The number of para-hydroxylation sites is 1. The second kappa shape index (κ2) is 8.49. The van der Waals surface area contributed by atoms with Gasteiger partial charge in [0.1, 0.15) is 23.3 Å². The number of likely N-dealkylation sites (tertiary alicyclic amines) is 1. The molecule has 32 heavy (non-hydrogen) atoms. The highest BCUT2D eigenvalue weighted by molar-refractivity contribution is 6.06. The van der Waals surface area contributed by atoms with Crippen molar-refractivity contribution in [1.29, 1.82) is 0 Å². The second-order valence-corrected chi connectivity index (χ2v) is 8.27. The highest BCUT2D eigenvalue weighted by atomic mass is 16.5. The van der Waals surface area contributed by atoms with E-state index in [9.17, 15) is 9.59 Å². The molecule has 0 N–H and O–H groups in total. The molecule has 164 valence electrons. The molecule has 1 aliphatic heterocycles. The molecule has 1 saturated heterocycles. The van der Waals surface area contributed by atoms with Crippen LogP contribution in [0.25, 0.3) is 21.9 Å². The first-order valence-electron chi connectivity index (χ1n) is 11.0. The summed E-state index contributed by atoms with van der Waals surface area (Å²) >= 11 is 0. The maximum atomic E-state index is 13.6. The lowest BCUT2D eigenvalue weighted by Crippen LogP contribution is -2.38. The minimum absolute atomic E-state index is 0.0531. The fourth-order valence-electron chi connectivity index (χ4n) is 4.53. The fourth-order valence-corrected chi connectivity index (χ4v) is 4.53. The monoisotopic (exact) mass is 430 g/mol. The Morgan fingerprint density at radius 2 is 1.78 bits per heavy atom. The van der Waals surface area contributed by atoms with Crippen LogP contribution in [-0.2, 0) is 17.9 Å². The molecule has 1 amide bonds. The Labute approximate surface area is 185 Å². The van der Waals surface area contributed by atoms with Gasteiger partial charge in [0, 0.05) is 18.5 Å². The highest BCUT2D eigenvalue weighted by Crippen LogP contribution is 2.26. The molecule has 2 aromatic carbocycles. The normalized spacial score (nSPS) is 14.2. The number of benzene rings is 2. The summed E-state index contributed by atoms with van der Waals surface area (Å²) in [6.07, 6.45) is 4.83. The van der Waals surface area contributed by atoms with Gasteiger partial charge in [-0.05, 0) is 43.0 Å². The second-order valence-electron chi connectivity index (χ2n) is 8.27. The third-order valence-corrected chi connectivity index (χ3v) is 6.25. The molecule has 3 heterocycles. The fraction of sp³-hybridized carbons (Fsp3) is 0.320. The van der Waals surface area contributed by atoms with Crippen molar-refractivity contribution in [3.05, 3.63) is 70.8 Å². The summed E-state index contributed by atoms with van der Waals surface area (Å²) in [7, 11) is 1.63. The molecule has 5 rings (SSSR count). The Morgan fingerprint density at radius 1 is 1.03 bits per heavy atom. The van der Waals surface area contributed by atoms with E-state index in [0.29, 0.717) is 17.6 Å². The Kier molecular flexibility index (Phi) is 5.39. The average molecular weight is 431 g/mol. The van der Waals surface area contributed by atoms with Crippen LogP contribution in [0.1, 0.15) is 24.8 Å². The van der Waals surface area contributed by atoms with Crippen molar-refractivity contribution in [3.8, 4) is 5.75 Å². The van der Waals surface area contributed by atoms with E-state index in [2.05, 4.69) is 4.98 Å². The van der Waals surface area contributed by atoms with Gasteiger partial charge < -0.3 is 14.2 Å². The van der Waals surface area contributed by atoms with Gasteiger partial charge in [-0.15, -0.1) is 0 Å². The van der Waals surface area contributed by atoms with Gasteiger partial charge in [0.15, 0.2) is 0 Å². The molecule has 0 unspecified atom stereocenters. The lowest BCUT2D eigenvalue weighted by Gasteiger charge is -2.27. The van der Waals surface area contributed by atoms with Crippen LogP contribution >= 0.6 is 0 Å². The van der Waals surface area contributed by atoms with Crippen molar-refractivity contribution in [2.75, 3.05) is 20.2 Å². The topological polar surface area (TPSA) is 69.4 Å². The van der Waals surface area contributed by atoms with Gasteiger partial charge in [-0.25, -0.2) is 4.98 Å². The van der Waals surface area contributed by atoms with Crippen LogP contribution < -0.4 is 10.3 Å². The van der Waals surface area contributed by atoms with Crippen molar-refractivity contribution in [1.82, 2.24) is 19.0 Å². The molecule has 7 heteroatoms. The lowest BCUT2D eigenvalue weighted by atomic mass is 10.1. The molecule has 7 nitrogen and oxygen atoms in total. The predicted octanol–water partition coefficient (Wildman–Crippen LogP) is 3.42. The number of carbonyl (C=O) groups is 1. The van der Waals surface area contributed by atoms with Gasteiger partial charge in [-0.3, -0.25) is 14.2 Å². The molecule has 0 atom stereocenters. The Bertz CT molecular complexity index is 1330. The van der Waals surface area contributed by atoms with E-state index in [0.717, 1.165) is 48.1 Å². The smallest absolute Gasteiger partial charge is 0.278 e. The van der Waals surface area contributed by atoms with Gasteiger partial charge in [-0.2, -0.15) is 0 Å². The van der Waals surface area contributed by atoms with Crippen LogP contribution in [0.5, 0.6) is 5.75 Å². The zero-order valence-corrected chi connectivity index (χ0v) is 18.2. The molecule has 0 spiro atoms. The standard InChI is InChI=1S/C25H26N4O3/c1-32-19-11-9-18(10-12-19)15-28-17-26-23-20-7-3-4-8-21(20)29(24(23)25(28)31)16-22(30)27-13-5-2-6-14-27/h3-4,7-12,17H,2,5-6,13-16H2,1H3. The Hall–Kier alpha value is -3.61. The maximum Gasteiger partial charge on any atom is 0.278 e. The van der Waals surface area contributed by atoms with E-state index in [-0.39, 0.29) is 18.0 Å². The molecule has 2 aromatic heterocycles. The van der Waals surface area contributed by atoms with Crippen LogP contribution in [0.4, 0.5) is 0 Å². The Balaban J connectivity index is 1.58. The zero-order valence-electron chi connectivity index (χ0n) is 18.2. The maximum absolute atomic E-state index is 13.6. The first kappa shape index (κ1) is 20.3. The van der Waals surface area contributed by atoms with Gasteiger partial charge in [-0.1, -0.05) is 30.3 Å². The molecule has 0 bridgehead atoms. The van der Waals surface area contributed by atoms with Crippen molar-refractivity contribution >= 4 is 27.8 Å². The number of aromatic nitrogens is 3. The van der Waals surface area contributed by atoms with Crippen LogP contribution in [0.2, 0.25) is 0 Å². The molecular weight excluding hydrogens is 404 g/mol. The van der Waals surface area contributed by atoms with Crippen LogP contribution in [0.15, 0.2) is 59.7 Å². The number of methoxy groups -OCH3 is 1. The van der Waals surface area contributed by atoms with Crippen LogP contribution in [0, 0.1) is 0 Å². The third-order valence-electron chi connectivity index (χ3n) is 6.25. The summed E-state index contributed by atoms with van der Waals surface area (Å²) in [6.45, 7) is 2.12. The first-order chi connectivity index (χ1) is 15.7. The number of carbonyl (C=O) groups excluding carboxylic acids is 1. The summed E-state index contributed by atoms with van der Waals surface area (Å²) in [5, 5.41) is 0.891. The number of hydrogen-bond acceptors (Lipinski definition) is 4. The quantitative estimate of drug-likeness (QED) is 0.487. The van der Waals surface area contributed by atoms with Crippen molar-refractivity contribution in [2.24, 2.45) is 0 Å². The SMILES string of the molecule is COc1ccc(Cn2cnc3c4ccccc4n(CC(=O)N4CCCCC4)c3c2=O)cc1. The zero-order chi connectivity index (χ0) is 22.1. The number of fused-ring (bicyclic) bond motifs is 3. The summed E-state index contributed by atoms with van der Waals surface area (Å²) < 4.78 is 8.67. The summed E-state index contributed by atoms with van der Waals surface area (Å²) in [4.78, 5) is 33.2. The molecule has 0 radical (unpaired) electrons. The molecule has 1 aliphatic rings. The summed E-state index contributed by atoms with van der Waals surface area (Å²) in [5.74, 6) is 0.823. The van der Waals surface area contributed by atoms with E-state index in [4.69, 9.17) is 4.74 Å². The molecule has 4 aromatic rings. The number of ether oxygens (including phenoxy) is 1. The third kappa shape index (κ3) is 3.64. The number of rotatable bonds is 5. The van der Waals surface area contributed by atoms with Gasteiger partial charge >= 0.3 is 0 Å². The minimum atomic E-state index is -0.145. The number of hydrogen-bond donors (Lipinski definition) is 0. The van der Waals surface area contributed by atoms with E-state index in [1.807, 2.05) is 58.0 Å². The molecule has 0 aliphatic carbocycles. The summed E-state index contributed by atoms with van der Waals surface area (Å²) in [5.41, 5.74) is 2.81. The largest absolute Gasteiger partial charge is 0.497 e. The molecule has 1 fully saturated rings. The number of amides is 1. The summed E-state index contributed by atoms with van der Waals surface area (Å²) in [6, 6.07) is 15.4. The molecule has 0 saturated carbocycles. The van der Waals surface area contributed by atoms with Gasteiger partial charge in [0.2, 0.25) is 5.91 Å². The predicted molar refractivity (Wildman–Crippen MR) is 124 cm³/mol. The van der Waals surface area contributed by atoms with E-state index >= 15 is 0 Å². The Morgan fingerprint density at radius 3 is 2.53 bits per heavy atom. The first-order valence-corrected chi connectivity index (χ1v) is 11.0. The van der Waals surface area contributed by atoms with E-state index in [1.54, 1.807) is 18.0 Å². The lowest BCUT2D eigenvalue weighted by molar-refractivity contribution is -0.132. The number of nitrogens with zero attached hydrogens (tertiary/aromatic N) is 4. The van der Waals surface area contributed by atoms with Crippen LogP contribution in [0.3, 0.4) is 0 Å². The molecular formula is C25H26N4O3. The van der Waals surface area contributed by atoms with Crippen molar-refractivity contribution in [2.45, 2.75) is 32.4 Å².